The Balaban J connectivity index is 1.97. The number of nitrogens with zero attached hydrogens (tertiary/aromatic N) is 2. The van der Waals surface area contributed by atoms with Gasteiger partial charge in [0.2, 0.25) is 0 Å². The number of rotatable bonds is 4. The van der Waals surface area contributed by atoms with Crippen molar-refractivity contribution >= 4 is 61.7 Å². The number of hydrogen-bond donors (Lipinski definition) is 1. The minimum Gasteiger partial charge on any atom is -0.377 e. The van der Waals surface area contributed by atoms with E-state index in [1.54, 1.807) is 6.07 Å². The Hall–Kier alpha value is -0.930. The summed E-state index contributed by atoms with van der Waals surface area (Å²) in [6, 6.07) is 13.1. The normalized spacial score (nSPS) is 12.0. The number of benzene rings is 2. The van der Waals surface area contributed by atoms with Crippen LogP contribution in [0.1, 0.15) is 11.1 Å². The van der Waals surface area contributed by atoms with Gasteiger partial charge in [-0.1, -0.05) is 58.0 Å². The van der Waals surface area contributed by atoms with Crippen LogP contribution >= 0.6 is 50.3 Å². The summed E-state index contributed by atoms with van der Waals surface area (Å²) in [5.41, 5.74) is 7.57. The highest BCUT2D eigenvalue weighted by molar-refractivity contribution is 14.1. The molecule has 0 aliphatic rings. The molecule has 0 radical (unpaired) electrons. The predicted octanol–water partition coefficient (Wildman–Crippen LogP) is 4.77. The maximum atomic E-state index is 13.5. The molecule has 0 amide bonds. The zero-order valence-corrected chi connectivity index (χ0v) is 15.9. The van der Waals surface area contributed by atoms with Gasteiger partial charge in [-0.15, -0.1) is 5.10 Å². The van der Waals surface area contributed by atoms with Crippen LogP contribution in [-0.2, 0) is 5.75 Å². The van der Waals surface area contributed by atoms with E-state index in [9.17, 15) is 4.39 Å². The Kier molecular flexibility index (Phi) is 6.84. The lowest BCUT2D eigenvalue weighted by atomic mass is 10.2. The molecule has 3 nitrogen and oxygen atoms in total. The first-order valence-electron chi connectivity index (χ1n) is 6.24. The number of halogens is 3. The predicted molar refractivity (Wildman–Crippen MR) is 104 cm³/mol. The van der Waals surface area contributed by atoms with Crippen LogP contribution in [0.3, 0.4) is 0 Å². The zero-order chi connectivity index (χ0) is 15.9. The molecule has 0 fully saturated rings. The van der Waals surface area contributed by atoms with Crippen molar-refractivity contribution in [2.75, 3.05) is 0 Å². The lowest BCUT2D eigenvalue weighted by molar-refractivity contribution is 0.620. The molecule has 2 aromatic rings. The quantitative estimate of drug-likeness (QED) is 0.220. The van der Waals surface area contributed by atoms with Crippen molar-refractivity contribution in [2.45, 2.75) is 5.75 Å². The lowest BCUT2D eigenvalue weighted by Crippen LogP contribution is -2.06. The van der Waals surface area contributed by atoms with Crippen molar-refractivity contribution in [3.8, 4) is 0 Å². The fourth-order valence-electron chi connectivity index (χ4n) is 1.55. The maximum absolute atomic E-state index is 13.5. The fourth-order valence-corrected chi connectivity index (χ4v) is 3.50. The highest BCUT2D eigenvalue weighted by Crippen LogP contribution is 2.21. The van der Waals surface area contributed by atoms with E-state index in [4.69, 9.17) is 5.73 Å². The van der Waals surface area contributed by atoms with Gasteiger partial charge in [-0.05, 0) is 40.3 Å². The first-order chi connectivity index (χ1) is 10.6. The first-order valence-corrected chi connectivity index (χ1v) is 9.10. The standard InChI is InChI=1S/C15H12BrFIN3S/c16-12-7-14(18)13(17)6-11(12)8-20-21-15(19)22-9-10-4-2-1-3-5-10/h1-8H,9H2,(H2,19,21). The fraction of sp³-hybridized carbons (Fsp3) is 0.0667. The topological polar surface area (TPSA) is 50.7 Å². The summed E-state index contributed by atoms with van der Waals surface area (Å²) < 4.78 is 14.8. The molecule has 0 spiro atoms. The molecule has 2 aromatic carbocycles. The van der Waals surface area contributed by atoms with Crippen LogP contribution in [0.2, 0.25) is 0 Å². The molecule has 0 bridgehead atoms. The molecule has 0 saturated heterocycles. The zero-order valence-electron chi connectivity index (χ0n) is 11.3. The minimum atomic E-state index is -0.291. The smallest absolute Gasteiger partial charge is 0.180 e. The molecule has 7 heteroatoms. The first kappa shape index (κ1) is 17.4. The van der Waals surface area contributed by atoms with Crippen LogP contribution in [-0.4, -0.2) is 11.4 Å². The summed E-state index contributed by atoms with van der Waals surface area (Å²) in [5.74, 6) is 0.439. The molecule has 0 aromatic heterocycles. The van der Waals surface area contributed by atoms with Gasteiger partial charge in [-0.2, -0.15) is 5.10 Å². The van der Waals surface area contributed by atoms with Crippen LogP contribution in [0.15, 0.2) is 57.1 Å². The van der Waals surface area contributed by atoms with E-state index in [1.807, 2.05) is 52.9 Å². The maximum Gasteiger partial charge on any atom is 0.180 e. The Labute approximate surface area is 154 Å². The molecule has 0 unspecified atom stereocenters. The second-order valence-electron chi connectivity index (χ2n) is 4.24. The third kappa shape index (κ3) is 5.36. The highest BCUT2D eigenvalue weighted by atomic mass is 127. The van der Waals surface area contributed by atoms with Gasteiger partial charge < -0.3 is 5.73 Å². The van der Waals surface area contributed by atoms with Crippen LogP contribution in [0.5, 0.6) is 0 Å². The minimum absolute atomic E-state index is 0.291. The van der Waals surface area contributed by atoms with Crippen LogP contribution in [0.4, 0.5) is 4.39 Å². The number of nitrogens with two attached hydrogens (primary N) is 1. The van der Waals surface area contributed by atoms with E-state index >= 15 is 0 Å². The molecular weight excluding hydrogens is 480 g/mol. The molecule has 0 saturated carbocycles. The largest absolute Gasteiger partial charge is 0.377 e. The van der Waals surface area contributed by atoms with E-state index in [0.717, 1.165) is 15.8 Å². The van der Waals surface area contributed by atoms with Gasteiger partial charge in [-0.3, -0.25) is 0 Å². The van der Waals surface area contributed by atoms with E-state index in [-0.39, 0.29) is 5.82 Å². The molecule has 0 aliphatic carbocycles. The SMILES string of the molecule is NC(=NN=Cc1cc(F)c(I)cc1Br)SCc1ccccc1. The van der Waals surface area contributed by atoms with Crippen LogP contribution < -0.4 is 5.73 Å². The third-order valence-electron chi connectivity index (χ3n) is 2.62. The summed E-state index contributed by atoms with van der Waals surface area (Å²) >= 11 is 6.69. The van der Waals surface area contributed by atoms with Crippen molar-refractivity contribution in [3.05, 3.63) is 67.5 Å². The summed E-state index contributed by atoms with van der Waals surface area (Å²) in [6.07, 6.45) is 1.47. The Bertz CT molecular complexity index is 707. The van der Waals surface area contributed by atoms with Crippen molar-refractivity contribution < 1.29 is 4.39 Å². The summed E-state index contributed by atoms with van der Waals surface area (Å²) in [6.45, 7) is 0. The summed E-state index contributed by atoms with van der Waals surface area (Å²) in [5, 5.41) is 8.18. The van der Waals surface area contributed by atoms with Gasteiger partial charge in [0.05, 0.1) is 6.21 Å². The van der Waals surface area contributed by atoms with E-state index in [2.05, 4.69) is 26.1 Å². The average molecular weight is 492 g/mol. The Morgan fingerprint density at radius 1 is 1.32 bits per heavy atom. The third-order valence-corrected chi connectivity index (χ3v) is 4.99. The van der Waals surface area contributed by atoms with Gasteiger partial charge in [0.25, 0.3) is 0 Å². The van der Waals surface area contributed by atoms with E-state index < -0.39 is 0 Å². The van der Waals surface area contributed by atoms with Crippen molar-refractivity contribution in [1.82, 2.24) is 0 Å². The number of hydrogen-bond acceptors (Lipinski definition) is 3. The lowest BCUT2D eigenvalue weighted by Gasteiger charge is -2.01. The van der Waals surface area contributed by atoms with Gasteiger partial charge >= 0.3 is 0 Å². The molecule has 2 rings (SSSR count). The van der Waals surface area contributed by atoms with Crippen molar-refractivity contribution in [2.24, 2.45) is 15.9 Å². The van der Waals surface area contributed by atoms with Crippen molar-refractivity contribution in [3.63, 3.8) is 0 Å². The molecule has 0 heterocycles. The van der Waals surface area contributed by atoms with Gasteiger partial charge in [0.1, 0.15) is 5.82 Å². The van der Waals surface area contributed by atoms with Gasteiger partial charge in [0.15, 0.2) is 5.17 Å². The second-order valence-corrected chi connectivity index (χ2v) is 7.26. The molecule has 0 atom stereocenters. The van der Waals surface area contributed by atoms with Crippen LogP contribution in [0.25, 0.3) is 0 Å². The van der Waals surface area contributed by atoms with E-state index in [0.29, 0.717) is 14.3 Å². The molecule has 22 heavy (non-hydrogen) atoms. The number of amidine groups is 1. The molecule has 0 aliphatic heterocycles. The number of thioether (sulfide) groups is 1. The second kappa shape index (κ2) is 8.64. The highest BCUT2D eigenvalue weighted by Gasteiger charge is 2.04. The molecular formula is C15H12BrFIN3S. The van der Waals surface area contributed by atoms with Crippen LogP contribution in [0, 0.1) is 9.39 Å². The van der Waals surface area contributed by atoms with Gasteiger partial charge in [-0.25, -0.2) is 4.39 Å². The molecule has 114 valence electrons. The van der Waals surface area contributed by atoms with Gasteiger partial charge in [0, 0.05) is 19.4 Å². The summed E-state index contributed by atoms with van der Waals surface area (Å²) in [4.78, 5) is 0. The molecule has 2 N–H and O–H groups in total. The average Bonchev–Trinajstić information content (AvgIpc) is 2.51. The van der Waals surface area contributed by atoms with Crippen molar-refractivity contribution in [1.29, 1.82) is 0 Å². The Morgan fingerprint density at radius 2 is 2.05 bits per heavy atom. The summed E-state index contributed by atoms with van der Waals surface area (Å²) in [7, 11) is 0. The van der Waals surface area contributed by atoms with E-state index in [1.165, 1.54) is 24.0 Å². The Morgan fingerprint density at radius 3 is 2.77 bits per heavy atom. The monoisotopic (exact) mass is 491 g/mol.